The summed E-state index contributed by atoms with van der Waals surface area (Å²) in [5, 5.41) is 20.9. The minimum atomic E-state index is -0.610. The lowest BCUT2D eigenvalue weighted by atomic mass is 10.4. The summed E-state index contributed by atoms with van der Waals surface area (Å²) >= 11 is 3.33. The van der Waals surface area contributed by atoms with Crippen LogP contribution in [0.1, 0.15) is 5.69 Å². The molecule has 0 unspecified atom stereocenters. The number of rotatable bonds is 5. The van der Waals surface area contributed by atoms with E-state index in [9.17, 15) is 14.9 Å². The Balaban J connectivity index is 1.91. The van der Waals surface area contributed by atoms with E-state index in [0.717, 1.165) is 10.2 Å². The van der Waals surface area contributed by atoms with Crippen molar-refractivity contribution in [3.8, 4) is 0 Å². The molecule has 0 radical (unpaired) electrons. The van der Waals surface area contributed by atoms with E-state index in [-0.39, 0.29) is 18.3 Å². The zero-order valence-corrected chi connectivity index (χ0v) is 12.1. The number of nitro groups is 1. The Morgan fingerprint density at radius 3 is 2.90 bits per heavy atom. The van der Waals surface area contributed by atoms with Gasteiger partial charge in [-0.2, -0.15) is 9.78 Å². The summed E-state index contributed by atoms with van der Waals surface area (Å²) in [6.07, 6.45) is 3.02. The number of halogens is 1. The van der Waals surface area contributed by atoms with Crippen molar-refractivity contribution in [3.63, 3.8) is 0 Å². The Bertz CT molecular complexity index is 630. The molecule has 9 nitrogen and oxygen atoms in total. The third kappa shape index (κ3) is 3.20. The molecule has 20 heavy (non-hydrogen) atoms. The lowest BCUT2D eigenvalue weighted by molar-refractivity contribution is -0.389. The Morgan fingerprint density at radius 1 is 1.60 bits per heavy atom. The standard InChI is InChI=1S/C10H11BrN6O3/c1-15-8(7(11)4-13-15)5-12-10(18)6-16-3-2-9(14-16)17(19)20/h2-4H,5-6H2,1H3,(H,12,18). The van der Waals surface area contributed by atoms with Crippen LogP contribution < -0.4 is 5.32 Å². The predicted molar refractivity (Wildman–Crippen MR) is 71.6 cm³/mol. The maximum Gasteiger partial charge on any atom is 0.389 e. The van der Waals surface area contributed by atoms with Gasteiger partial charge in [0.1, 0.15) is 6.54 Å². The van der Waals surface area contributed by atoms with Crippen molar-refractivity contribution >= 4 is 27.7 Å². The Hall–Kier alpha value is -2.23. The molecule has 1 N–H and O–H groups in total. The summed E-state index contributed by atoms with van der Waals surface area (Å²) in [4.78, 5) is 21.6. The predicted octanol–water partition coefficient (Wildman–Crippen LogP) is 0.604. The van der Waals surface area contributed by atoms with Crippen molar-refractivity contribution in [1.29, 1.82) is 0 Å². The molecule has 0 spiro atoms. The molecule has 0 saturated carbocycles. The maximum atomic E-state index is 11.7. The first-order valence-electron chi connectivity index (χ1n) is 5.58. The molecule has 10 heteroatoms. The van der Waals surface area contributed by atoms with Gasteiger partial charge in [-0.05, 0) is 20.9 Å². The molecule has 0 atom stereocenters. The van der Waals surface area contributed by atoms with E-state index in [4.69, 9.17) is 0 Å². The highest BCUT2D eigenvalue weighted by molar-refractivity contribution is 9.10. The fourth-order valence-electron chi connectivity index (χ4n) is 1.56. The van der Waals surface area contributed by atoms with Crippen LogP contribution in [0.4, 0.5) is 5.82 Å². The molecule has 0 aliphatic heterocycles. The molecular formula is C10H11BrN6O3. The highest BCUT2D eigenvalue weighted by Crippen LogP contribution is 2.14. The zero-order chi connectivity index (χ0) is 14.7. The summed E-state index contributed by atoms with van der Waals surface area (Å²) in [5.74, 6) is -0.580. The molecule has 0 saturated heterocycles. The molecular weight excluding hydrogens is 332 g/mol. The largest absolute Gasteiger partial charge is 0.389 e. The Morgan fingerprint density at radius 2 is 2.35 bits per heavy atom. The van der Waals surface area contributed by atoms with Crippen LogP contribution in [0, 0.1) is 10.1 Å². The van der Waals surface area contributed by atoms with Gasteiger partial charge in [-0.1, -0.05) is 0 Å². The number of carbonyl (C=O) groups is 1. The van der Waals surface area contributed by atoms with E-state index in [1.54, 1.807) is 17.9 Å². The number of aromatic nitrogens is 4. The van der Waals surface area contributed by atoms with Crippen molar-refractivity contribution in [2.24, 2.45) is 7.05 Å². The lowest BCUT2D eigenvalue weighted by Gasteiger charge is -2.05. The topological polar surface area (TPSA) is 108 Å². The van der Waals surface area contributed by atoms with Gasteiger partial charge in [0.15, 0.2) is 0 Å². The lowest BCUT2D eigenvalue weighted by Crippen LogP contribution is -2.28. The Labute approximate surface area is 121 Å². The van der Waals surface area contributed by atoms with Gasteiger partial charge >= 0.3 is 5.82 Å². The monoisotopic (exact) mass is 342 g/mol. The smallest absolute Gasteiger partial charge is 0.358 e. The van der Waals surface area contributed by atoms with Crippen LogP contribution in [0.25, 0.3) is 0 Å². The molecule has 2 aromatic heterocycles. The van der Waals surface area contributed by atoms with Crippen LogP contribution in [-0.4, -0.2) is 30.4 Å². The first kappa shape index (κ1) is 14.2. The average molecular weight is 343 g/mol. The molecule has 0 fully saturated rings. The van der Waals surface area contributed by atoms with Crippen molar-refractivity contribution in [2.75, 3.05) is 0 Å². The van der Waals surface area contributed by atoms with E-state index in [1.165, 1.54) is 16.9 Å². The van der Waals surface area contributed by atoms with Gasteiger partial charge in [-0.3, -0.25) is 9.48 Å². The third-order valence-corrected chi connectivity index (χ3v) is 3.25. The minimum absolute atomic E-state index is 0.0800. The molecule has 0 bridgehead atoms. The van der Waals surface area contributed by atoms with Crippen molar-refractivity contribution < 1.29 is 9.72 Å². The average Bonchev–Trinajstić information content (AvgIpc) is 2.96. The van der Waals surface area contributed by atoms with E-state index in [1.807, 2.05) is 0 Å². The highest BCUT2D eigenvalue weighted by Gasteiger charge is 2.14. The van der Waals surface area contributed by atoms with E-state index in [2.05, 4.69) is 31.4 Å². The third-order valence-electron chi connectivity index (χ3n) is 2.58. The quantitative estimate of drug-likeness (QED) is 0.632. The molecule has 0 aromatic carbocycles. The van der Waals surface area contributed by atoms with Crippen LogP contribution in [0.3, 0.4) is 0 Å². The van der Waals surface area contributed by atoms with E-state index < -0.39 is 4.92 Å². The highest BCUT2D eigenvalue weighted by atomic mass is 79.9. The second kappa shape index (κ2) is 5.82. The number of amides is 1. The summed E-state index contributed by atoms with van der Waals surface area (Å²) < 4.78 is 3.66. The van der Waals surface area contributed by atoms with E-state index >= 15 is 0 Å². The Kier molecular flexibility index (Phi) is 4.13. The number of carbonyl (C=O) groups excluding carboxylic acids is 1. The second-order valence-corrected chi connectivity index (χ2v) is 4.82. The van der Waals surface area contributed by atoms with Gasteiger partial charge in [0.2, 0.25) is 5.91 Å². The van der Waals surface area contributed by atoms with Gasteiger partial charge in [-0.15, -0.1) is 0 Å². The normalized spacial score (nSPS) is 10.5. The molecule has 0 aliphatic carbocycles. The van der Waals surface area contributed by atoms with Gasteiger partial charge in [0.25, 0.3) is 0 Å². The summed E-state index contributed by atoms with van der Waals surface area (Å²) in [5.41, 5.74) is 0.824. The number of aryl methyl sites for hydroxylation is 1. The van der Waals surface area contributed by atoms with Crippen LogP contribution in [-0.2, 0) is 24.9 Å². The summed E-state index contributed by atoms with van der Waals surface area (Å²) in [6.45, 7) is 0.225. The molecule has 2 heterocycles. The van der Waals surface area contributed by atoms with E-state index in [0.29, 0.717) is 6.54 Å². The fraction of sp³-hybridized carbons (Fsp3) is 0.300. The van der Waals surface area contributed by atoms with Crippen LogP contribution in [0.2, 0.25) is 0 Å². The molecule has 0 aliphatic rings. The fourth-order valence-corrected chi connectivity index (χ4v) is 2.05. The van der Waals surface area contributed by atoms with Crippen LogP contribution in [0.5, 0.6) is 0 Å². The minimum Gasteiger partial charge on any atom is -0.358 e. The van der Waals surface area contributed by atoms with Gasteiger partial charge in [-0.25, -0.2) is 0 Å². The number of hydrogen-bond acceptors (Lipinski definition) is 5. The van der Waals surface area contributed by atoms with Crippen LogP contribution >= 0.6 is 15.9 Å². The number of hydrogen-bond donors (Lipinski definition) is 1. The molecule has 2 rings (SSSR count). The summed E-state index contributed by atoms with van der Waals surface area (Å²) in [7, 11) is 1.77. The molecule has 106 valence electrons. The van der Waals surface area contributed by atoms with Crippen LogP contribution in [0.15, 0.2) is 22.9 Å². The number of nitrogens with zero attached hydrogens (tertiary/aromatic N) is 5. The van der Waals surface area contributed by atoms with Crippen molar-refractivity contribution in [2.45, 2.75) is 13.1 Å². The van der Waals surface area contributed by atoms with Gasteiger partial charge in [0.05, 0.1) is 40.3 Å². The van der Waals surface area contributed by atoms with Gasteiger partial charge < -0.3 is 15.4 Å². The van der Waals surface area contributed by atoms with Gasteiger partial charge in [0, 0.05) is 7.05 Å². The van der Waals surface area contributed by atoms with Crippen molar-refractivity contribution in [3.05, 3.63) is 38.7 Å². The number of nitrogens with one attached hydrogen (secondary N) is 1. The first-order chi connectivity index (χ1) is 9.47. The molecule has 1 amide bonds. The zero-order valence-electron chi connectivity index (χ0n) is 10.5. The first-order valence-corrected chi connectivity index (χ1v) is 6.37. The summed E-state index contributed by atoms with van der Waals surface area (Å²) in [6, 6.07) is 1.24. The second-order valence-electron chi connectivity index (χ2n) is 3.97. The SMILES string of the molecule is Cn1ncc(Br)c1CNC(=O)Cn1ccc([N+](=O)[O-])n1. The van der Waals surface area contributed by atoms with Crippen molar-refractivity contribution in [1.82, 2.24) is 24.9 Å². The maximum absolute atomic E-state index is 11.7. The molecule has 2 aromatic rings.